The van der Waals surface area contributed by atoms with Gasteiger partial charge in [0.15, 0.2) is 0 Å². The van der Waals surface area contributed by atoms with Gasteiger partial charge in [-0.3, -0.25) is 4.98 Å². The summed E-state index contributed by atoms with van der Waals surface area (Å²) >= 11 is 0. The number of aryl methyl sites for hydroxylation is 2. The minimum Gasteiger partial charge on any atom is -0.256 e. The van der Waals surface area contributed by atoms with Crippen LogP contribution in [0.25, 0.3) is 22.0 Å². The van der Waals surface area contributed by atoms with Crippen molar-refractivity contribution in [3.05, 3.63) is 65.4 Å². The zero-order valence-electron chi connectivity index (χ0n) is 19.1. The zero-order chi connectivity index (χ0) is 20.9. The lowest BCUT2D eigenvalue weighted by Crippen LogP contribution is -1.91. The quantitative estimate of drug-likeness (QED) is 0.592. The van der Waals surface area contributed by atoms with Gasteiger partial charge in [-0.2, -0.15) is 0 Å². The third-order valence-electron chi connectivity index (χ3n) is 3.55. The molecule has 0 aliphatic rings. The van der Waals surface area contributed by atoms with Crippen LogP contribution in [0, 0.1) is 13.8 Å². The molecule has 2 aromatic carbocycles. The van der Waals surface area contributed by atoms with Gasteiger partial charge in [0.05, 0.1) is 5.69 Å². The van der Waals surface area contributed by atoms with Gasteiger partial charge in [0.2, 0.25) is 0 Å². The highest BCUT2D eigenvalue weighted by atomic mass is 14.7. The smallest absolute Gasteiger partial charge is 0.0780 e. The number of hydrogen-bond donors (Lipinski definition) is 0. The van der Waals surface area contributed by atoms with E-state index >= 15 is 0 Å². The first-order chi connectivity index (χ1) is 12.8. The minimum absolute atomic E-state index is 0.249. The third-order valence-corrected chi connectivity index (χ3v) is 3.55. The van der Waals surface area contributed by atoms with Crippen molar-refractivity contribution in [2.24, 2.45) is 0 Å². The van der Waals surface area contributed by atoms with Gasteiger partial charge in [0, 0.05) is 26.7 Å². The van der Waals surface area contributed by atoms with Gasteiger partial charge in [0.25, 0.3) is 0 Å². The fraction of sp³-hybridized carbons (Fsp3) is 0.250. The number of aromatic nitrogens is 1. The molecule has 1 nitrogen and oxygen atoms in total. The Labute approximate surface area is 136 Å². The van der Waals surface area contributed by atoms with E-state index in [0.29, 0.717) is 16.8 Å². The van der Waals surface area contributed by atoms with E-state index in [0.717, 1.165) is 16.3 Å². The van der Waals surface area contributed by atoms with Crippen LogP contribution < -0.4 is 0 Å². The minimum atomic E-state index is -2.46. The molecule has 0 fully saturated rings. The number of benzene rings is 2. The Balaban J connectivity index is 2.19. The summed E-state index contributed by atoms with van der Waals surface area (Å²) in [5.41, 5.74) is 2.77. The summed E-state index contributed by atoms with van der Waals surface area (Å²) in [6.45, 7) is -1.46. The first-order valence-corrected chi connectivity index (χ1v) is 6.82. The maximum atomic E-state index is 8.30. The lowest BCUT2D eigenvalue weighted by atomic mass is 9.96. The molecular weight excluding hydrogens is 254 g/mol. The molecule has 0 aliphatic carbocycles. The highest BCUT2D eigenvalue weighted by Gasteiger charge is 2.08. The van der Waals surface area contributed by atoms with Crippen LogP contribution in [0.1, 0.15) is 46.0 Å². The molecule has 1 unspecified atom stereocenters. The van der Waals surface area contributed by atoms with Crippen molar-refractivity contribution in [2.45, 2.75) is 33.4 Å². The molecule has 1 heterocycles. The molecule has 0 aliphatic heterocycles. The van der Waals surface area contributed by atoms with Crippen LogP contribution in [0.15, 0.2) is 48.7 Å². The molecule has 3 rings (SSSR count). The standard InChI is InChI=1S/C20H21N/c1-13(2)16-5-6-19-17(12-16)7-8-21-20(19)18-10-14(3)9-15(4)11-18/h5-13H,1-4H3/i1D3,3D3,13D. The summed E-state index contributed by atoms with van der Waals surface area (Å²) in [5.74, 6) is -1.73. The summed E-state index contributed by atoms with van der Waals surface area (Å²) in [6.07, 6.45) is 1.61. The molecule has 106 valence electrons. The van der Waals surface area contributed by atoms with Crippen molar-refractivity contribution < 1.29 is 9.60 Å². The Kier molecular flexibility index (Phi) is 1.96. The van der Waals surface area contributed by atoms with Crippen LogP contribution in [0.2, 0.25) is 0 Å². The largest absolute Gasteiger partial charge is 0.256 e. The maximum absolute atomic E-state index is 8.30. The molecule has 0 spiro atoms. The molecule has 1 aromatic heterocycles. The molecule has 0 bridgehead atoms. The SMILES string of the molecule is [2H]C([2H])([2H])c1cc(C)cc(-c2nccc3cc(C([2H])(C)C([2H])([2H])[2H])ccc23)c1. The van der Waals surface area contributed by atoms with Crippen molar-refractivity contribution in [1.82, 2.24) is 4.98 Å². The number of fused-ring (bicyclic) bond motifs is 1. The second-order valence-corrected chi connectivity index (χ2v) is 5.31. The van der Waals surface area contributed by atoms with Gasteiger partial charge in [0.1, 0.15) is 0 Å². The number of nitrogens with zero attached hydrogens (tertiary/aromatic N) is 1. The monoisotopic (exact) mass is 282 g/mol. The summed E-state index contributed by atoms with van der Waals surface area (Å²) in [4.78, 5) is 4.44. The second kappa shape index (κ2) is 5.33. The normalized spacial score (nSPS) is 20.2. The average Bonchev–Trinajstić information content (AvgIpc) is 2.58. The fourth-order valence-corrected chi connectivity index (χ4v) is 2.56. The molecule has 21 heavy (non-hydrogen) atoms. The number of pyridine rings is 1. The molecule has 0 N–H and O–H groups in total. The van der Waals surface area contributed by atoms with E-state index in [2.05, 4.69) is 4.98 Å². The molecule has 0 radical (unpaired) electrons. The van der Waals surface area contributed by atoms with E-state index in [1.54, 1.807) is 42.6 Å². The van der Waals surface area contributed by atoms with Gasteiger partial charge in [-0.15, -0.1) is 0 Å². The van der Waals surface area contributed by atoms with Crippen molar-refractivity contribution in [2.75, 3.05) is 0 Å². The molecule has 1 atom stereocenters. The Hall–Kier alpha value is -2.15. The first-order valence-electron chi connectivity index (χ1n) is 10.3. The van der Waals surface area contributed by atoms with Gasteiger partial charge in [-0.25, -0.2) is 0 Å². The van der Waals surface area contributed by atoms with Crippen LogP contribution in [-0.4, -0.2) is 4.98 Å². The maximum Gasteiger partial charge on any atom is 0.0780 e. The molecule has 0 saturated carbocycles. The van der Waals surface area contributed by atoms with Crippen molar-refractivity contribution in [1.29, 1.82) is 0 Å². The molecule has 0 amide bonds. The predicted octanol–water partition coefficient (Wildman–Crippen LogP) is 5.64. The van der Waals surface area contributed by atoms with Gasteiger partial charge in [-0.05, 0) is 48.8 Å². The Morgan fingerprint density at radius 1 is 1.10 bits per heavy atom. The van der Waals surface area contributed by atoms with E-state index in [4.69, 9.17) is 9.60 Å². The third kappa shape index (κ3) is 2.69. The highest BCUT2D eigenvalue weighted by Crippen LogP contribution is 2.29. The lowest BCUT2D eigenvalue weighted by molar-refractivity contribution is 0.869. The average molecular weight is 282 g/mol. The van der Waals surface area contributed by atoms with E-state index < -0.39 is 19.6 Å². The van der Waals surface area contributed by atoms with Crippen LogP contribution in [0.5, 0.6) is 0 Å². The fourth-order valence-electron chi connectivity index (χ4n) is 2.56. The van der Waals surface area contributed by atoms with E-state index in [-0.39, 0.29) is 5.56 Å². The van der Waals surface area contributed by atoms with Crippen LogP contribution in [-0.2, 0) is 0 Å². The molecule has 1 heteroatoms. The highest BCUT2D eigenvalue weighted by molar-refractivity contribution is 5.95. The zero-order valence-corrected chi connectivity index (χ0v) is 12.1. The molecule has 0 saturated heterocycles. The topological polar surface area (TPSA) is 12.9 Å². The summed E-state index contributed by atoms with van der Waals surface area (Å²) in [5, 5.41) is 1.52. The number of rotatable bonds is 2. The van der Waals surface area contributed by atoms with Gasteiger partial charge in [-0.1, -0.05) is 49.2 Å². The van der Waals surface area contributed by atoms with Gasteiger partial charge >= 0.3 is 0 Å². The van der Waals surface area contributed by atoms with E-state index in [9.17, 15) is 0 Å². The van der Waals surface area contributed by atoms with Gasteiger partial charge < -0.3 is 0 Å². The van der Waals surface area contributed by atoms with Crippen LogP contribution in [0.4, 0.5) is 0 Å². The Morgan fingerprint density at radius 2 is 1.95 bits per heavy atom. The van der Waals surface area contributed by atoms with Crippen LogP contribution >= 0.6 is 0 Å². The lowest BCUT2D eigenvalue weighted by Gasteiger charge is -2.11. The van der Waals surface area contributed by atoms with E-state index in [1.165, 1.54) is 6.92 Å². The Morgan fingerprint density at radius 3 is 2.76 bits per heavy atom. The van der Waals surface area contributed by atoms with Crippen LogP contribution in [0.3, 0.4) is 0 Å². The second-order valence-electron chi connectivity index (χ2n) is 5.31. The van der Waals surface area contributed by atoms with E-state index in [1.807, 2.05) is 13.0 Å². The predicted molar refractivity (Wildman–Crippen MR) is 90.7 cm³/mol. The van der Waals surface area contributed by atoms with Crippen molar-refractivity contribution in [3.63, 3.8) is 0 Å². The first kappa shape index (κ1) is 7.74. The summed E-state index contributed by atoms with van der Waals surface area (Å²) in [6, 6.07) is 12.0. The number of hydrogen-bond acceptors (Lipinski definition) is 1. The summed E-state index contributed by atoms with van der Waals surface area (Å²) in [7, 11) is 0. The van der Waals surface area contributed by atoms with Crippen molar-refractivity contribution >= 4 is 10.8 Å². The molecular formula is C20H21N. The Bertz CT molecular complexity index is 1030. The summed E-state index contributed by atoms with van der Waals surface area (Å²) < 4.78 is 54.3. The van der Waals surface area contributed by atoms with Crippen molar-refractivity contribution in [3.8, 4) is 11.3 Å². The molecule has 3 aromatic rings.